The summed E-state index contributed by atoms with van der Waals surface area (Å²) in [7, 11) is 0. The first-order valence-electron chi connectivity index (χ1n) is 7.38. The van der Waals surface area contributed by atoms with E-state index in [1.165, 1.54) is 31.2 Å². The summed E-state index contributed by atoms with van der Waals surface area (Å²) >= 11 is 0. The van der Waals surface area contributed by atoms with Crippen LogP contribution >= 0.6 is 0 Å². The summed E-state index contributed by atoms with van der Waals surface area (Å²) in [6, 6.07) is 10.3. The van der Waals surface area contributed by atoms with Crippen molar-refractivity contribution >= 4 is 5.84 Å². The molecule has 0 saturated heterocycles. The zero-order valence-electron chi connectivity index (χ0n) is 12.2. The van der Waals surface area contributed by atoms with Crippen molar-refractivity contribution in [3.8, 4) is 0 Å². The summed E-state index contributed by atoms with van der Waals surface area (Å²) in [5, 5.41) is 15.5. The van der Waals surface area contributed by atoms with E-state index in [0.29, 0.717) is 11.8 Å². The second kappa shape index (κ2) is 6.75. The molecule has 2 rings (SSSR count). The normalized spacial score (nSPS) is 19.9. The van der Waals surface area contributed by atoms with E-state index >= 15 is 0 Å². The predicted molar refractivity (Wildman–Crippen MR) is 81.8 cm³/mol. The molecule has 1 aliphatic rings. The highest BCUT2D eigenvalue weighted by atomic mass is 16.4. The number of oxime groups is 1. The number of nitrogens with two attached hydrogens (primary N) is 1. The molecule has 4 nitrogen and oxygen atoms in total. The van der Waals surface area contributed by atoms with Crippen molar-refractivity contribution in [3.05, 3.63) is 35.9 Å². The van der Waals surface area contributed by atoms with Gasteiger partial charge in [-0.05, 0) is 23.8 Å². The topological polar surface area (TPSA) is 70.6 Å². The zero-order valence-corrected chi connectivity index (χ0v) is 12.2. The fraction of sp³-hybridized carbons (Fsp3) is 0.562. The number of hydrogen-bond acceptors (Lipinski definition) is 3. The molecule has 1 unspecified atom stereocenters. The largest absolute Gasteiger partial charge is 0.409 e. The van der Waals surface area contributed by atoms with E-state index in [4.69, 9.17) is 10.9 Å². The van der Waals surface area contributed by atoms with Gasteiger partial charge < -0.3 is 16.3 Å². The highest BCUT2D eigenvalue weighted by Gasteiger charge is 2.29. The molecule has 1 fully saturated rings. The van der Waals surface area contributed by atoms with Gasteiger partial charge in [0.2, 0.25) is 0 Å². The van der Waals surface area contributed by atoms with E-state index in [9.17, 15) is 0 Å². The average Bonchev–Trinajstić information content (AvgIpc) is 2.91. The monoisotopic (exact) mass is 275 g/mol. The van der Waals surface area contributed by atoms with Gasteiger partial charge in [-0.15, -0.1) is 0 Å². The van der Waals surface area contributed by atoms with Crippen LogP contribution in [0.2, 0.25) is 0 Å². The maximum Gasteiger partial charge on any atom is 0.141 e. The second-order valence-electron chi connectivity index (χ2n) is 6.16. The number of nitrogens with zero attached hydrogens (tertiary/aromatic N) is 1. The number of amidine groups is 1. The maximum atomic E-state index is 8.80. The molecule has 20 heavy (non-hydrogen) atoms. The van der Waals surface area contributed by atoms with E-state index in [1.807, 2.05) is 18.2 Å². The molecule has 110 valence electrons. The van der Waals surface area contributed by atoms with Crippen LogP contribution in [-0.2, 0) is 0 Å². The SMILES string of the molecule is CC1(CNC(CC(N)=NO)c2ccccc2)CCCC1. The van der Waals surface area contributed by atoms with Crippen LogP contribution in [0.25, 0.3) is 0 Å². The van der Waals surface area contributed by atoms with Crippen LogP contribution in [0, 0.1) is 5.41 Å². The van der Waals surface area contributed by atoms with Gasteiger partial charge in [0.15, 0.2) is 0 Å². The third-order valence-electron chi connectivity index (χ3n) is 4.33. The lowest BCUT2D eigenvalue weighted by atomic mass is 9.88. The molecule has 0 aromatic heterocycles. The van der Waals surface area contributed by atoms with Crippen molar-refractivity contribution in [3.63, 3.8) is 0 Å². The lowest BCUT2D eigenvalue weighted by Crippen LogP contribution is -2.34. The van der Waals surface area contributed by atoms with Gasteiger partial charge in [-0.25, -0.2) is 0 Å². The van der Waals surface area contributed by atoms with Gasteiger partial charge in [-0.2, -0.15) is 0 Å². The van der Waals surface area contributed by atoms with Crippen molar-refractivity contribution in [2.45, 2.75) is 45.1 Å². The van der Waals surface area contributed by atoms with Gasteiger partial charge >= 0.3 is 0 Å². The first-order chi connectivity index (χ1) is 9.63. The van der Waals surface area contributed by atoms with Gasteiger partial charge in [-0.1, -0.05) is 55.3 Å². The predicted octanol–water partition coefficient (Wildman–Crippen LogP) is 3.03. The Morgan fingerprint density at radius 2 is 2.00 bits per heavy atom. The molecular formula is C16H25N3O. The number of benzene rings is 1. The van der Waals surface area contributed by atoms with Crippen LogP contribution in [-0.4, -0.2) is 17.6 Å². The van der Waals surface area contributed by atoms with E-state index < -0.39 is 0 Å². The van der Waals surface area contributed by atoms with Gasteiger partial charge in [0, 0.05) is 19.0 Å². The molecule has 1 aliphatic carbocycles. The average molecular weight is 275 g/mol. The molecule has 1 aromatic carbocycles. The standard InChI is InChI=1S/C16H25N3O/c1-16(9-5-6-10-16)12-18-14(11-15(17)19-20)13-7-3-2-4-8-13/h2-4,7-8,14,18,20H,5-6,9-12H2,1H3,(H2,17,19). The van der Waals surface area contributed by atoms with Gasteiger partial charge in [0.25, 0.3) is 0 Å². The van der Waals surface area contributed by atoms with Crippen molar-refractivity contribution in [2.75, 3.05) is 6.54 Å². The molecule has 4 heteroatoms. The fourth-order valence-electron chi connectivity index (χ4n) is 3.02. The van der Waals surface area contributed by atoms with Crippen molar-refractivity contribution in [1.82, 2.24) is 5.32 Å². The van der Waals surface area contributed by atoms with Crippen molar-refractivity contribution in [2.24, 2.45) is 16.3 Å². The second-order valence-corrected chi connectivity index (χ2v) is 6.16. The van der Waals surface area contributed by atoms with Crippen LogP contribution in [0.3, 0.4) is 0 Å². The zero-order chi connectivity index (χ0) is 14.4. The third-order valence-corrected chi connectivity index (χ3v) is 4.33. The smallest absolute Gasteiger partial charge is 0.141 e. The lowest BCUT2D eigenvalue weighted by Gasteiger charge is -2.28. The number of hydrogen-bond donors (Lipinski definition) is 3. The molecule has 0 spiro atoms. The highest BCUT2D eigenvalue weighted by molar-refractivity contribution is 5.80. The van der Waals surface area contributed by atoms with E-state index in [0.717, 1.165) is 6.54 Å². The Labute approximate surface area is 121 Å². The summed E-state index contributed by atoms with van der Waals surface area (Å²) < 4.78 is 0. The van der Waals surface area contributed by atoms with Crippen LogP contribution < -0.4 is 11.1 Å². The summed E-state index contributed by atoms with van der Waals surface area (Å²) in [5.74, 6) is 0.267. The minimum atomic E-state index is 0.101. The number of rotatable bonds is 6. The molecule has 1 atom stereocenters. The molecule has 0 radical (unpaired) electrons. The van der Waals surface area contributed by atoms with Crippen molar-refractivity contribution in [1.29, 1.82) is 0 Å². The first-order valence-corrected chi connectivity index (χ1v) is 7.38. The van der Waals surface area contributed by atoms with Crippen LogP contribution in [0.1, 0.15) is 50.6 Å². The molecule has 0 amide bonds. The molecule has 0 bridgehead atoms. The summed E-state index contributed by atoms with van der Waals surface area (Å²) in [6.07, 6.45) is 5.75. The molecule has 1 aromatic rings. The Hall–Kier alpha value is -1.55. The molecule has 0 heterocycles. The quantitative estimate of drug-likeness (QED) is 0.323. The van der Waals surface area contributed by atoms with E-state index in [-0.39, 0.29) is 11.9 Å². The molecule has 1 saturated carbocycles. The highest BCUT2D eigenvalue weighted by Crippen LogP contribution is 2.37. The van der Waals surface area contributed by atoms with E-state index in [1.54, 1.807) is 0 Å². The molecular weight excluding hydrogens is 250 g/mol. The first kappa shape index (κ1) is 14.9. The van der Waals surface area contributed by atoms with Gasteiger partial charge in [-0.3, -0.25) is 0 Å². The summed E-state index contributed by atoms with van der Waals surface area (Å²) in [5.41, 5.74) is 7.26. The van der Waals surface area contributed by atoms with Crippen LogP contribution in [0.15, 0.2) is 35.5 Å². The van der Waals surface area contributed by atoms with Crippen LogP contribution in [0.5, 0.6) is 0 Å². The van der Waals surface area contributed by atoms with Gasteiger partial charge in [0.1, 0.15) is 5.84 Å². The molecule has 0 aliphatic heterocycles. The fourth-order valence-corrected chi connectivity index (χ4v) is 3.02. The third kappa shape index (κ3) is 3.97. The Kier molecular flexibility index (Phi) is 5.01. The lowest BCUT2D eigenvalue weighted by molar-refractivity contribution is 0.295. The van der Waals surface area contributed by atoms with E-state index in [2.05, 4.69) is 29.5 Å². The Morgan fingerprint density at radius 3 is 2.60 bits per heavy atom. The Morgan fingerprint density at radius 1 is 1.35 bits per heavy atom. The summed E-state index contributed by atoms with van der Waals surface area (Å²) in [6.45, 7) is 3.32. The van der Waals surface area contributed by atoms with Gasteiger partial charge in [0.05, 0.1) is 0 Å². The summed E-state index contributed by atoms with van der Waals surface area (Å²) in [4.78, 5) is 0. The minimum absolute atomic E-state index is 0.101. The minimum Gasteiger partial charge on any atom is -0.409 e. The molecule has 4 N–H and O–H groups in total. The Balaban J connectivity index is 2.03. The Bertz CT molecular complexity index is 438. The number of nitrogens with one attached hydrogen (secondary N) is 1. The van der Waals surface area contributed by atoms with Crippen molar-refractivity contribution < 1.29 is 5.21 Å². The van der Waals surface area contributed by atoms with Crippen LogP contribution in [0.4, 0.5) is 0 Å². The maximum absolute atomic E-state index is 8.80.